The molecule has 1 saturated heterocycles. The molecule has 1 aliphatic rings. The number of amides is 2. The summed E-state index contributed by atoms with van der Waals surface area (Å²) in [6.07, 6.45) is 5.08. The van der Waals surface area contributed by atoms with Crippen molar-refractivity contribution in [2.24, 2.45) is 5.73 Å². The van der Waals surface area contributed by atoms with Crippen LogP contribution in [0.2, 0.25) is 5.02 Å². The molecule has 1 aliphatic heterocycles. The van der Waals surface area contributed by atoms with Crippen molar-refractivity contribution in [1.29, 1.82) is 0 Å². The van der Waals surface area contributed by atoms with Gasteiger partial charge in [0.05, 0.1) is 0 Å². The molecule has 1 aromatic carbocycles. The third-order valence-electron chi connectivity index (χ3n) is 4.27. The quantitative estimate of drug-likeness (QED) is 0.858. The highest BCUT2D eigenvalue weighted by atomic mass is 35.5. The topological polar surface area (TPSA) is 58.4 Å². The molecule has 0 aliphatic carbocycles. The Morgan fingerprint density at radius 2 is 1.91 bits per heavy atom. The zero-order valence-electron chi connectivity index (χ0n) is 14.3. The molecule has 0 spiro atoms. The Bertz CT molecular complexity index is 592. The van der Waals surface area contributed by atoms with Gasteiger partial charge in [-0.2, -0.15) is 0 Å². The van der Waals surface area contributed by atoms with E-state index in [0.29, 0.717) is 5.02 Å². The molecule has 5 heteroatoms. The molecule has 1 fully saturated rings. The normalized spacial score (nSPS) is 20.7. The molecule has 2 amide bonds. The van der Waals surface area contributed by atoms with Crippen molar-refractivity contribution in [2.45, 2.75) is 57.7 Å². The summed E-state index contributed by atoms with van der Waals surface area (Å²) >= 11 is 5.96. The van der Waals surface area contributed by atoms with Crippen molar-refractivity contribution in [3.8, 4) is 0 Å². The first-order chi connectivity index (χ1) is 10.6. The number of rotatable bonds is 2. The number of hydrogen-bond donors (Lipinski definition) is 2. The van der Waals surface area contributed by atoms with Crippen LogP contribution in [-0.4, -0.2) is 28.1 Å². The van der Waals surface area contributed by atoms with Gasteiger partial charge in [-0.3, -0.25) is 0 Å². The molecular formula is C18H26ClN3O. The van der Waals surface area contributed by atoms with Crippen molar-refractivity contribution in [3.63, 3.8) is 0 Å². The van der Waals surface area contributed by atoms with Crippen LogP contribution in [0.4, 0.5) is 4.79 Å². The summed E-state index contributed by atoms with van der Waals surface area (Å²) in [5.74, 6) is 0. The molecule has 0 unspecified atom stereocenters. The van der Waals surface area contributed by atoms with Gasteiger partial charge in [0.25, 0.3) is 0 Å². The SMILES string of the molecule is CC1(C)CC(N)CC(C)(C)N1C(=O)N/C=C/c1cccc(Cl)c1. The molecule has 23 heavy (non-hydrogen) atoms. The van der Waals surface area contributed by atoms with Gasteiger partial charge in [-0.1, -0.05) is 23.7 Å². The van der Waals surface area contributed by atoms with Crippen LogP contribution in [0.15, 0.2) is 30.5 Å². The van der Waals surface area contributed by atoms with Crippen LogP contribution in [0.25, 0.3) is 6.08 Å². The van der Waals surface area contributed by atoms with E-state index in [1.54, 1.807) is 6.20 Å². The molecule has 2 rings (SSSR count). The fourth-order valence-corrected chi connectivity index (χ4v) is 3.99. The number of nitrogens with two attached hydrogens (primary N) is 1. The van der Waals surface area contributed by atoms with Crippen molar-refractivity contribution >= 4 is 23.7 Å². The lowest BCUT2D eigenvalue weighted by Crippen LogP contribution is -2.66. The van der Waals surface area contributed by atoms with Crippen LogP contribution in [0.3, 0.4) is 0 Å². The molecule has 4 nitrogen and oxygen atoms in total. The molecule has 0 atom stereocenters. The molecular weight excluding hydrogens is 310 g/mol. The van der Waals surface area contributed by atoms with Crippen LogP contribution >= 0.6 is 11.6 Å². The molecule has 0 radical (unpaired) electrons. The number of carbonyl (C=O) groups is 1. The average Bonchev–Trinajstić information content (AvgIpc) is 2.34. The molecule has 1 aromatic rings. The molecule has 0 aromatic heterocycles. The van der Waals surface area contributed by atoms with E-state index in [4.69, 9.17) is 17.3 Å². The highest BCUT2D eigenvalue weighted by Gasteiger charge is 2.46. The zero-order valence-corrected chi connectivity index (χ0v) is 15.0. The van der Waals surface area contributed by atoms with Gasteiger partial charge in [-0.25, -0.2) is 4.79 Å². The minimum Gasteiger partial charge on any atom is -0.328 e. The van der Waals surface area contributed by atoms with E-state index >= 15 is 0 Å². The van der Waals surface area contributed by atoms with E-state index in [0.717, 1.165) is 18.4 Å². The summed E-state index contributed by atoms with van der Waals surface area (Å²) in [5.41, 5.74) is 6.53. The highest BCUT2D eigenvalue weighted by Crippen LogP contribution is 2.37. The van der Waals surface area contributed by atoms with Gasteiger partial charge < -0.3 is 16.0 Å². The summed E-state index contributed by atoms with van der Waals surface area (Å²) in [5, 5.41) is 3.54. The van der Waals surface area contributed by atoms with Crippen LogP contribution < -0.4 is 11.1 Å². The fraction of sp³-hybridized carbons (Fsp3) is 0.500. The van der Waals surface area contributed by atoms with Gasteiger partial charge in [-0.05, 0) is 64.3 Å². The molecule has 3 N–H and O–H groups in total. The standard InChI is InChI=1S/C18H26ClN3O/c1-17(2)11-15(20)12-18(3,4)22(17)16(23)21-9-8-13-6-5-7-14(19)10-13/h5-10,15H,11-12,20H2,1-4H3,(H,21,23)/b9-8+. The molecule has 0 saturated carbocycles. The highest BCUT2D eigenvalue weighted by molar-refractivity contribution is 6.30. The predicted octanol–water partition coefficient (Wildman–Crippen LogP) is 4.00. The Morgan fingerprint density at radius 3 is 2.48 bits per heavy atom. The number of nitrogens with zero attached hydrogens (tertiary/aromatic N) is 1. The Morgan fingerprint density at radius 1 is 1.30 bits per heavy atom. The number of piperidine rings is 1. The number of hydrogen-bond acceptors (Lipinski definition) is 2. The minimum atomic E-state index is -0.283. The summed E-state index contributed by atoms with van der Waals surface area (Å²) in [4.78, 5) is 14.6. The molecule has 0 bridgehead atoms. The number of carbonyl (C=O) groups excluding carboxylic acids is 1. The van der Waals surface area contributed by atoms with Gasteiger partial charge >= 0.3 is 6.03 Å². The minimum absolute atomic E-state index is 0.106. The number of benzene rings is 1. The fourth-order valence-electron chi connectivity index (χ4n) is 3.79. The summed E-state index contributed by atoms with van der Waals surface area (Å²) in [7, 11) is 0. The zero-order chi connectivity index (χ0) is 17.3. The Kier molecular flexibility index (Phi) is 5.07. The maximum absolute atomic E-state index is 12.7. The van der Waals surface area contributed by atoms with E-state index < -0.39 is 0 Å². The van der Waals surface area contributed by atoms with Crippen molar-refractivity contribution in [3.05, 3.63) is 41.1 Å². The van der Waals surface area contributed by atoms with Gasteiger partial charge in [-0.15, -0.1) is 0 Å². The Balaban J connectivity index is 2.10. The predicted molar refractivity (Wildman–Crippen MR) is 96.2 cm³/mol. The average molecular weight is 336 g/mol. The van der Waals surface area contributed by atoms with Crippen LogP contribution in [-0.2, 0) is 0 Å². The van der Waals surface area contributed by atoms with E-state index in [-0.39, 0.29) is 23.2 Å². The number of nitrogens with one attached hydrogen (secondary N) is 1. The number of halogens is 1. The number of likely N-dealkylation sites (tertiary alicyclic amines) is 1. The van der Waals surface area contributed by atoms with Gasteiger partial charge in [0.2, 0.25) is 0 Å². The summed E-state index contributed by atoms with van der Waals surface area (Å²) in [6, 6.07) is 7.48. The van der Waals surface area contributed by atoms with Gasteiger partial charge in [0, 0.05) is 28.3 Å². The maximum atomic E-state index is 12.7. The van der Waals surface area contributed by atoms with Gasteiger partial charge in [0.15, 0.2) is 0 Å². The van der Waals surface area contributed by atoms with Crippen molar-refractivity contribution in [1.82, 2.24) is 10.2 Å². The largest absolute Gasteiger partial charge is 0.328 e. The second kappa shape index (κ2) is 6.54. The Labute approximate surface area is 143 Å². The van der Waals surface area contributed by atoms with E-state index in [2.05, 4.69) is 33.0 Å². The first-order valence-corrected chi connectivity index (χ1v) is 8.28. The monoisotopic (exact) mass is 335 g/mol. The van der Waals surface area contributed by atoms with Crippen molar-refractivity contribution in [2.75, 3.05) is 0 Å². The third-order valence-corrected chi connectivity index (χ3v) is 4.50. The van der Waals surface area contributed by atoms with E-state index in [1.807, 2.05) is 35.2 Å². The number of urea groups is 1. The summed E-state index contributed by atoms with van der Waals surface area (Å²) < 4.78 is 0. The van der Waals surface area contributed by atoms with E-state index in [1.165, 1.54) is 0 Å². The van der Waals surface area contributed by atoms with Crippen molar-refractivity contribution < 1.29 is 4.79 Å². The smallest absolute Gasteiger partial charge is 0.322 e. The van der Waals surface area contributed by atoms with E-state index in [9.17, 15) is 4.79 Å². The third kappa shape index (κ3) is 4.27. The first kappa shape index (κ1) is 17.8. The van der Waals surface area contributed by atoms with Crippen LogP contribution in [0.5, 0.6) is 0 Å². The lowest BCUT2D eigenvalue weighted by Gasteiger charge is -2.54. The second-order valence-corrected chi connectivity index (χ2v) is 7.90. The molecule has 1 heterocycles. The first-order valence-electron chi connectivity index (χ1n) is 7.90. The van der Waals surface area contributed by atoms with Crippen LogP contribution in [0, 0.1) is 0 Å². The lowest BCUT2D eigenvalue weighted by molar-refractivity contribution is 0.00444. The molecule has 126 valence electrons. The summed E-state index contributed by atoms with van der Waals surface area (Å²) in [6.45, 7) is 8.25. The Hall–Kier alpha value is -1.52. The van der Waals surface area contributed by atoms with Gasteiger partial charge in [0.1, 0.15) is 0 Å². The lowest BCUT2D eigenvalue weighted by atomic mass is 9.77. The maximum Gasteiger partial charge on any atom is 0.322 e. The second-order valence-electron chi connectivity index (χ2n) is 7.47. The van der Waals surface area contributed by atoms with Crippen LogP contribution in [0.1, 0.15) is 46.1 Å².